The summed E-state index contributed by atoms with van der Waals surface area (Å²) < 4.78 is 5.01. The van der Waals surface area contributed by atoms with Crippen LogP contribution in [0.25, 0.3) is 0 Å². The van der Waals surface area contributed by atoms with Gasteiger partial charge in [0.15, 0.2) is 0 Å². The van der Waals surface area contributed by atoms with E-state index in [9.17, 15) is 4.79 Å². The van der Waals surface area contributed by atoms with Gasteiger partial charge >= 0.3 is 5.97 Å². The van der Waals surface area contributed by atoms with Crippen LogP contribution in [-0.2, 0) is 9.53 Å². The number of hydrogen-bond acceptors (Lipinski definition) is 2. The van der Waals surface area contributed by atoms with Gasteiger partial charge in [-0.15, -0.1) is 0 Å². The van der Waals surface area contributed by atoms with Crippen LogP contribution in [0, 0.1) is 5.92 Å². The lowest BCUT2D eigenvalue weighted by molar-refractivity contribution is -0.144. The van der Waals surface area contributed by atoms with E-state index in [2.05, 4.69) is 15.9 Å². The van der Waals surface area contributed by atoms with Gasteiger partial charge in [-0.2, -0.15) is 0 Å². The average Bonchev–Trinajstić information content (AvgIpc) is 2.00. The van der Waals surface area contributed by atoms with Gasteiger partial charge in [0, 0.05) is 4.83 Å². The molecule has 0 aliphatic heterocycles. The molecule has 0 heterocycles. The Labute approximate surface area is 82.8 Å². The zero-order valence-corrected chi connectivity index (χ0v) is 9.56. The van der Waals surface area contributed by atoms with E-state index in [0.29, 0.717) is 18.9 Å². The fourth-order valence-corrected chi connectivity index (χ4v) is 0.908. The molecule has 2 nitrogen and oxygen atoms in total. The van der Waals surface area contributed by atoms with Crippen molar-refractivity contribution in [3.63, 3.8) is 0 Å². The van der Waals surface area contributed by atoms with Gasteiger partial charge in [-0.1, -0.05) is 36.7 Å². The lowest BCUT2D eigenvalue weighted by atomic mass is 10.2. The summed E-state index contributed by atoms with van der Waals surface area (Å²) in [5.41, 5.74) is 0. The second-order valence-electron chi connectivity index (χ2n) is 3.29. The fourth-order valence-electron chi connectivity index (χ4n) is 0.644. The van der Waals surface area contributed by atoms with E-state index in [0.717, 1.165) is 6.42 Å². The molecule has 72 valence electrons. The zero-order valence-electron chi connectivity index (χ0n) is 7.97. The number of alkyl halides is 1. The monoisotopic (exact) mass is 236 g/mol. The minimum Gasteiger partial charge on any atom is -0.465 e. The highest BCUT2D eigenvalue weighted by Gasteiger charge is 2.09. The van der Waals surface area contributed by atoms with Crippen molar-refractivity contribution in [2.45, 2.75) is 38.4 Å². The van der Waals surface area contributed by atoms with Crippen molar-refractivity contribution in [1.29, 1.82) is 0 Å². The standard InChI is InChI=1S/C9H17BrO2/c1-4-8(10)5-9(11)12-6-7(2)3/h7-8H,4-6H2,1-3H3. The summed E-state index contributed by atoms with van der Waals surface area (Å²) in [6.07, 6.45) is 1.43. The first-order valence-corrected chi connectivity index (χ1v) is 5.27. The Bertz CT molecular complexity index is 134. The Morgan fingerprint density at radius 3 is 2.50 bits per heavy atom. The average molecular weight is 237 g/mol. The number of halogens is 1. The molecule has 0 saturated carbocycles. The molecule has 1 atom stereocenters. The third kappa shape index (κ3) is 6.65. The number of hydrogen-bond donors (Lipinski definition) is 0. The van der Waals surface area contributed by atoms with E-state index in [-0.39, 0.29) is 10.8 Å². The SMILES string of the molecule is CCC(Br)CC(=O)OCC(C)C. The first-order chi connectivity index (χ1) is 5.56. The second-order valence-corrected chi connectivity index (χ2v) is 4.58. The number of carbonyl (C=O) groups excluding carboxylic acids is 1. The molecule has 12 heavy (non-hydrogen) atoms. The fraction of sp³-hybridized carbons (Fsp3) is 0.889. The largest absolute Gasteiger partial charge is 0.465 e. The minimum atomic E-state index is -0.104. The van der Waals surface area contributed by atoms with Crippen molar-refractivity contribution >= 4 is 21.9 Å². The maximum atomic E-state index is 11.1. The molecule has 0 aliphatic carbocycles. The van der Waals surface area contributed by atoms with E-state index in [1.165, 1.54) is 0 Å². The quantitative estimate of drug-likeness (QED) is 0.542. The van der Waals surface area contributed by atoms with Crippen LogP contribution in [0.2, 0.25) is 0 Å². The van der Waals surface area contributed by atoms with Crippen LogP contribution in [0.4, 0.5) is 0 Å². The highest BCUT2D eigenvalue weighted by molar-refractivity contribution is 9.09. The molecule has 0 saturated heterocycles. The Morgan fingerprint density at radius 1 is 1.50 bits per heavy atom. The van der Waals surface area contributed by atoms with Crippen LogP contribution in [0.5, 0.6) is 0 Å². The summed E-state index contributed by atoms with van der Waals surface area (Å²) in [5.74, 6) is 0.316. The van der Waals surface area contributed by atoms with Crippen molar-refractivity contribution in [3.05, 3.63) is 0 Å². The second kappa shape index (κ2) is 6.46. The molecule has 0 aromatic rings. The van der Waals surface area contributed by atoms with Crippen LogP contribution in [0.1, 0.15) is 33.6 Å². The van der Waals surface area contributed by atoms with Crippen LogP contribution >= 0.6 is 15.9 Å². The molecule has 0 aromatic carbocycles. The first kappa shape index (κ1) is 11.9. The molecule has 0 aromatic heterocycles. The molecular formula is C9H17BrO2. The summed E-state index contributed by atoms with van der Waals surface area (Å²) in [4.78, 5) is 11.3. The highest BCUT2D eigenvalue weighted by Crippen LogP contribution is 2.10. The van der Waals surface area contributed by atoms with Gasteiger partial charge in [0.1, 0.15) is 0 Å². The predicted octanol–water partition coefficient (Wildman–Crippen LogP) is 2.75. The number of ether oxygens (including phenoxy) is 1. The molecule has 0 rings (SSSR count). The summed E-state index contributed by atoms with van der Waals surface area (Å²) in [7, 11) is 0. The third-order valence-corrected chi connectivity index (χ3v) is 2.38. The van der Waals surface area contributed by atoms with Crippen LogP contribution in [0.3, 0.4) is 0 Å². The summed E-state index contributed by atoms with van der Waals surface area (Å²) in [6, 6.07) is 0. The Hall–Kier alpha value is -0.0500. The zero-order chi connectivity index (χ0) is 9.56. The number of carbonyl (C=O) groups is 1. The van der Waals surface area contributed by atoms with E-state index < -0.39 is 0 Å². The lowest BCUT2D eigenvalue weighted by Gasteiger charge is -2.08. The predicted molar refractivity (Wildman–Crippen MR) is 53.4 cm³/mol. The third-order valence-electron chi connectivity index (χ3n) is 1.41. The Kier molecular flexibility index (Phi) is 6.44. The highest BCUT2D eigenvalue weighted by atomic mass is 79.9. The van der Waals surface area contributed by atoms with Crippen LogP contribution < -0.4 is 0 Å². The van der Waals surface area contributed by atoms with E-state index in [4.69, 9.17) is 4.74 Å². The van der Waals surface area contributed by atoms with Gasteiger partial charge in [0.25, 0.3) is 0 Å². The molecule has 3 heteroatoms. The molecular weight excluding hydrogens is 220 g/mol. The van der Waals surface area contributed by atoms with Gasteiger partial charge in [0.05, 0.1) is 13.0 Å². The van der Waals surface area contributed by atoms with Crippen molar-refractivity contribution in [3.8, 4) is 0 Å². The molecule has 0 N–H and O–H groups in total. The maximum absolute atomic E-state index is 11.1. The molecule has 1 unspecified atom stereocenters. The topological polar surface area (TPSA) is 26.3 Å². The lowest BCUT2D eigenvalue weighted by Crippen LogP contribution is -2.13. The van der Waals surface area contributed by atoms with Crippen molar-refractivity contribution < 1.29 is 9.53 Å². The van der Waals surface area contributed by atoms with Gasteiger partial charge in [-0.25, -0.2) is 0 Å². The van der Waals surface area contributed by atoms with E-state index >= 15 is 0 Å². The summed E-state index contributed by atoms with van der Waals surface area (Å²) >= 11 is 3.38. The Morgan fingerprint density at radius 2 is 2.08 bits per heavy atom. The molecule has 0 spiro atoms. The molecule has 0 radical (unpaired) electrons. The van der Waals surface area contributed by atoms with E-state index in [1.54, 1.807) is 0 Å². The molecule has 0 aliphatic rings. The Balaban J connectivity index is 3.46. The molecule has 0 bridgehead atoms. The smallest absolute Gasteiger partial charge is 0.306 e. The van der Waals surface area contributed by atoms with Crippen LogP contribution in [-0.4, -0.2) is 17.4 Å². The first-order valence-electron chi connectivity index (χ1n) is 4.36. The summed E-state index contributed by atoms with van der Waals surface area (Å²) in [6.45, 7) is 6.62. The van der Waals surface area contributed by atoms with Gasteiger partial charge in [-0.3, -0.25) is 4.79 Å². The van der Waals surface area contributed by atoms with Crippen molar-refractivity contribution in [2.75, 3.05) is 6.61 Å². The van der Waals surface area contributed by atoms with Crippen molar-refractivity contribution in [1.82, 2.24) is 0 Å². The molecule has 0 fully saturated rings. The number of esters is 1. The van der Waals surface area contributed by atoms with Crippen molar-refractivity contribution in [2.24, 2.45) is 5.92 Å². The van der Waals surface area contributed by atoms with Crippen LogP contribution in [0.15, 0.2) is 0 Å². The molecule has 0 amide bonds. The van der Waals surface area contributed by atoms with Gasteiger partial charge in [0.2, 0.25) is 0 Å². The van der Waals surface area contributed by atoms with Gasteiger partial charge in [-0.05, 0) is 12.3 Å². The normalized spacial score (nSPS) is 13.1. The minimum absolute atomic E-state index is 0.104. The number of rotatable bonds is 5. The van der Waals surface area contributed by atoms with E-state index in [1.807, 2.05) is 20.8 Å². The maximum Gasteiger partial charge on any atom is 0.306 e. The van der Waals surface area contributed by atoms with Gasteiger partial charge < -0.3 is 4.74 Å². The summed E-state index contributed by atoms with van der Waals surface area (Å²) in [5, 5.41) is 0.